The van der Waals surface area contributed by atoms with Crippen LogP contribution < -0.4 is 0 Å². The Balaban J connectivity index is -0.000000293. The first-order valence-electron chi connectivity index (χ1n) is 9.32. The van der Waals surface area contributed by atoms with Gasteiger partial charge in [0, 0.05) is 18.3 Å². The number of hydrogen-bond donors (Lipinski definition) is 4. The molecule has 0 aliphatic rings. The second-order valence-corrected chi connectivity index (χ2v) is 6.89. The number of carboxylic acid groups (broad SMARTS) is 2. The Morgan fingerprint density at radius 3 is 1.16 bits per heavy atom. The van der Waals surface area contributed by atoms with Gasteiger partial charge in [0.15, 0.2) is 0 Å². The minimum atomic E-state index is -0.675. The molecule has 0 aromatic carbocycles. The van der Waals surface area contributed by atoms with Gasteiger partial charge < -0.3 is 20.4 Å². The monoisotopic (exact) mass is 364 g/mol. The summed E-state index contributed by atoms with van der Waals surface area (Å²) in [7, 11) is 0. The molecule has 0 heterocycles. The third-order valence-corrected chi connectivity index (χ3v) is 3.34. The SMILES string of the molecule is CC(C)(CO)CO.CCCCCCC(=O)O.CCCCCCC(=O)O. The van der Waals surface area contributed by atoms with Crippen molar-refractivity contribution in [2.75, 3.05) is 13.2 Å². The lowest BCUT2D eigenvalue weighted by Crippen LogP contribution is -2.20. The van der Waals surface area contributed by atoms with E-state index in [0.29, 0.717) is 12.8 Å². The van der Waals surface area contributed by atoms with Crippen LogP contribution in [0.15, 0.2) is 0 Å². The standard InChI is InChI=1S/2C7H14O2.C5H12O2/c2*1-2-3-4-5-6-7(8)9;1-5(2,3-6)4-7/h2*2-6H2,1H3,(H,8,9);6-7H,3-4H2,1-2H3. The molecule has 0 spiro atoms. The van der Waals surface area contributed by atoms with Crippen LogP contribution in [-0.4, -0.2) is 45.6 Å². The Morgan fingerprint density at radius 1 is 0.680 bits per heavy atom. The highest BCUT2D eigenvalue weighted by Crippen LogP contribution is 2.10. The summed E-state index contributed by atoms with van der Waals surface area (Å²) >= 11 is 0. The molecule has 0 atom stereocenters. The van der Waals surface area contributed by atoms with E-state index in [1.54, 1.807) is 13.8 Å². The molecule has 0 bridgehead atoms. The van der Waals surface area contributed by atoms with Crippen molar-refractivity contribution >= 4 is 11.9 Å². The predicted octanol–water partition coefficient (Wildman–Crippen LogP) is 4.08. The molecule has 6 nitrogen and oxygen atoms in total. The number of aliphatic hydroxyl groups excluding tert-OH is 2. The molecule has 0 fully saturated rings. The van der Waals surface area contributed by atoms with Gasteiger partial charge in [0.1, 0.15) is 0 Å². The summed E-state index contributed by atoms with van der Waals surface area (Å²) in [5.74, 6) is -1.35. The molecule has 0 saturated carbocycles. The Kier molecular flexibility index (Phi) is 24.0. The van der Waals surface area contributed by atoms with Crippen molar-refractivity contribution in [1.82, 2.24) is 0 Å². The topological polar surface area (TPSA) is 115 Å². The highest BCUT2D eigenvalue weighted by atomic mass is 16.4. The second-order valence-electron chi connectivity index (χ2n) is 6.89. The minimum absolute atomic E-state index is 0.0451. The van der Waals surface area contributed by atoms with Crippen LogP contribution in [0.4, 0.5) is 0 Å². The Labute approximate surface area is 153 Å². The quantitative estimate of drug-likeness (QED) is 0.388. The first kappa shape index (κ1) is 28.7. The lowest BCUT2D eigenvalue weighted by molar-refractivity contribution is -0.138. The lowest BCUT2D eigenvalue weighted by Gasteiger charge is -2.16. The number of hydrogen-bond acceptors (Lipinski definition) is 4. The first-order valence-corrected chi connectivity index (χ1v) is 9.32. The molecule has 4 N–H and O–H groups in total. The third kappa shape index (κ3) is 35.0. The van der Waals surface area contributed by atoms with Gasteiger partial charge in [-0.1, -0.05) is 66.2 Å². The summed E-state index contributed by atoms with van der Waals surface area (Å²) in [5, 5.41) is 33.3. The van der Waals surface area contributed by atoms with Gasteiger partial charge in [-0.3, -0.25) is 9.59 Å². The summed E-state index contributed by atoms with van der Waals surface area (Å²) < 4.78 is 0. The maximum Gasteiger partial charge on any atom is 0.303 e. The fourth-order valence-corrected chi connectivity index (χ4v) is 1.46. The molecule has 152 valence electrons. The molecule has 0 radical (unpaired) electrons. The summed E-state index contributed by atoms with van der Waals surface area (Å²) in [6.45, 7) is 7.91. The van der Waals surface area contributed by atoms with Crippen LogP contribution in [0.3, 0.4) is 0 Å². The van der Waals surface area contributed by atoms with E-state index in [1.165, 1.54) is 12.8 Å². The van der Waals surface area contributed by atoms with E-state index in [9.17, 15) is 9.59 Å². The van der Waals surface area contributed by atoms with E-state index in [4.69, 9.17) is 20.4 Å². The van der Waals surface area contributed by atoms with Crippen molar-refractivity contribution < 1.29 is 30.0 Å². The fraction of sp³-hybridized carbons (Fsp3) is 0.895. The molecule has 0 unspecified atom stereocenters. The Bertz CT molecular complexity index is 274. The number of aliphatic hydroxyl groups is 2. The van der Waals surface area contributed by atoms with Crippen molar-refractivity contribution in [2.45, 2.75) is 91.9 Å². The average Bonchev–Trinajstić information content (AvgIpc) is 2.56. The first-order chi connectivity index (χ1) is 11.7. The van der Waals surface area contributed by atoms with Crippen LogP contribution in [0.5, 0.6) is 0 Å². The second kappa shape index (κ2) is 20.9. The van der Waals surface area contributed by atoms with Gasteiger partial charge in [-0.05, 0) is 12.8 Å². The molecular formula is C19H40O6. The summed E-state index contributed by atoms with van der Waals surface area (Å²) in [5.41, 5.74) is -0.306. The van der Waals surface area contributed by atoms with Gasteiger partial charge in [-0.2, -0.15) is 0 Å². The highest BCUT2D eigenvalue weighted by Gasteiger charge is 2.13. The van der Waals surface area contributed by atoms with Crippen LogP contribution in [0.2, 0.25) is 0 Å². The highest BCUT2D eigenvalue weighted by molar-refractivity contribution is 5.66. The van der Waals surface area contributed by atoms with E-state index < -0.39 is 11.9 Å². The number of aliphatic carboxylic acids is 2. The van der Waals surface area contributed by atoms with Crippen LogP contribution >= 0.6 is 0 Å². The van der Waals surface area contributed by atoms with Gasteiger partial charge in [-0.15, -0.1) is 0 Å². The molecule has 0 aliphatic heterocycles. The maximum absolute atomic E-state index is 9.96. The van der Waals surface area contributed by atoms with Gasteiger partial charge in [-0.25, -0.2) is 0 Å². The third-order valence-electron chi connectivity index (χ3n) is 3.34. The Morgan fingerprint density at radius 2 is 1.00 bits per heavy atom. The molecule has 25 heavy (non-hydrogen) atoms. The molecule has 0 aromatic rings. The molecule has 0 aliphatic carbocycles. The van der Waals surface area contributed by atoms with Gasteiger partial charge in [0.25, 0.3) is 0 Å². The molecule has 0 rings (SSSR count). The zero-order valence-electron chi connectivity index (χ0n) is 16.6. The lowest BCUT2D eigenvalue weighted by atomic mass is 9.97. The van der Waals surface area contributed by atoms with Gasteiger partial charge in [0.2, 0.25) is 0 Å². The van der Waals surface area contributed by atoms with Crippen molar-refractivity contribution in [3.63, 3.8) is 0 Å². The molecule has 6 heteroatoms. The van der Waals surface area contributed by atoms with Crippen LogP contribution in [0.1, 0.15) is 91.9 Å². The minimum Gasteiger partial charge on any atom is -0.481 e. The number of carbonyl (C=O) groups is 2. The van der Waals surface area contributed by atoms with Gasteiger partial charge in [0.05, 0.1) is 13.2 Å². The predicted molar refractivity (Wildman–Crippen MR) is 101 cm³/mol. The average molecular weight is 365 g/mol. The normalized spacial score (nSPS) is 10.2. The van der Waals surface area contributed by atoms with Crippen LogP contribution in [0.25, 0.3) is 0 Å². The molecule has 0 aromatic heterocycles. The van der Waals surface area contributed by atoms with E-state index in [-0.39, 0.29) is 18.6 Å². The fourth-order valence-electron chi connectivity index (χ4n) is 1.46. The van der Waals surface area contributed by atoms with E-state index >= 15 is 0 Å². The summed E-state index contributed by atoms with van der Waals surface area (Å²) in [6, 6.07) is 0. The van der Waals surface area contributed by atoms with Crippen molar-refractivity contribution in [1.29, 1.82) is 0 Å². The zero-order valence-corrected chi connectivity index (χ0v) is 16.6. The largest absolute Gasteiger partial charge is 0.481 e. The smallest absolute Gasteiger partial charge is 0.303 e. The maximum atomic E-state index is 9.96. The summed E-state index contributed by atoms with van der Waals surface area (Å²) in [4.78, 5) is 19.9. The summed E-state index contributed by atoms with van der Waals surface area (Å²) in [6.07, 6.45) is 9.11. The number of carboxylic acids is 2. The Hall–Kier alpha value is -1.14. The van der Waals surface area contributed by atoms with E-state index in [0.717, 1.165) is 38.5 Å². The molecule has 0 amide bonds. The number of rotatable bonds is 12. The zero-order chi connectivity index (χ0) is 20.1. The van der Waals surface area contributed by atoms with Crippen molar-refractivity contribution in [3.8, 4) is 0 Å². The number of unbranched alkanes of at least 4 members (excludes halogenated alkanes) is 6. The van der Waals surface area contributed by atoms with Crippen LogP contribution in [0, 0.1) is 5.41 Å². The van der Waals surface area contributed by atoms with Gasteiger partial charge >= 0.3 is 11.9 Å². The molecular weight excluding hydrogens is 324 g/mol. The van der Waals surface area contributed by atoms with E-state index in [2.05, 4.69) is 13.8 Å². The van der Waals surface area contributed by atoms with Crippen molar-refractivity contribution in [3.05, 3.63) is 0 Å². The molecule has 0 saturated heterocycles. The van der Waals surface area contributed by atoms with Crippen molar-refractivity contribution in [2.24, 2.45) is 5.41 Å². The van der Waals surface area contributed by atoms with E-state index in [1.807, 2.05) is 0 Å². The van der Waals surface area contributed by atoms with Crippen LogP contribution in [-0.2, 0) is 9.59 Å².